The van der Waals surface area contributed by atoms with Gasteiger partial charge in [0.2, 0.25) is 0 Å². The van der Waals surface area contributed by atoms with Crippen LogP contribution in [-0.4, -0.2) is 31.1 Å². The van der Waals surface area contributed by atoms with E-state index in [1.54, 1.807) is 0 Å². The topological polar surface area (TPSA) is 67.4 Å². The summed E-state index contributed by atoms with van der Waals surface area (Å²) in [4.78, 5) is 23.2. The maximum atomic E-state index is 13.5. The van der Waals surface area contributed by atoms with Crippen molar-refractivity contribution in [2.75, 3.05) is 18.5 Å². The molecule has 2 N–H and O–H groups in total. The number of ether oxygens (including phenoxy) is 1. The van der Waals surface area contributed by atoms with E-state index < -0.39 is 35.1 Å². The first-order valence-corrected chi connectivity index (χ1v) is 6.85. The van der Waals surface area contributed by atoms with E-state index in [1.807, 2.05) is 5.32 Å². The summed E-state index contributed by atoms with van der Waals surface area (Å²) < 4.78 is 56.4. The number of anilines is 1. The lowest BCUT2D eigenvalue weighted by atomic mass is 10.2. The molecule has 1 heterocycles. The van der Waals surface area contributed by atoms with Crippen LogP contribution >= 0.6 is 0 Å². The Morgan fingerprint density at radius 2 is 2.00 bits per heavy atom. The first kappa shape index (κ1) is 17.2. The van der Waals surface area contributed by atoms with Crippen LogP contribution in [0, 0.1) is 5.82 Å². The number of carbonyl (C=O) groups excluding carboxylic acids is 2. The van der Waals surface area contributed by atoms with E-state index in [2.05, 4.69) is 5.32 Å². The SMILES string of the molecule is O=C(NC[C@H]1CCCO1)C(=O)Nc1cc(C(F)(F)F)ccc1F. The monoisotopic (exact) mass is 334 g/mol. The predicted octanol–water partition coefficient (Wildman–Crippen LogP) is 2.08. The zero-order valence-electron chi connectivity index (χ0n) is 11.9. The molecule has 1 aromatic carbocycles. The van der Waals surface area contributed by atoms with E-state index in [4.69, 9.17) is 4.74 Å². The number of hydrogen-bond donors (Lipinski definition) is 2. The summed E-state index contributed by atoms with van der Waals surface area (Å²) in [5.74, 6) is -3.39. The van der Waals surface area contributed by atoms with Gasteiger partial charge in [0.25, 0.3) is 0 Å². The second-order valence-electron chi connectivity index (χ2n) is 4.99. The summed E-state index contributed by atoms with van der Waals surface area (Å²) in [5.41, 5.74) is -1.84. The fraction of sp³-hybridized carbons (Fsp3) is 0.429. The number of halogens is 4. The van der Waals surface area contributed by atoms with E-state index in [1.165, 1.54) is 0 Å². The van der Waals surface area contributed by atoms with Crippen LogP contribution in [0.4, 0.5) is 23.2 Å². The number of rotatable bonds is 3. The summed E-state index contributed by atoms with van der Waals surface area (Å²) in [5, 5.41) is 4.12. The maximum Gasteiger partial charge on any atom is 0.416 e. The van der Waals surface area contributed by atoms with Crippen molar-refractivity contribution in [1.29, 1.82) is 0 Å². The molecule has 5 nitrogen and oxygen atoms in total. The molecule has 0 radical (unpaired) electrons. The number of alkyl halides is 3. The molecule has 1 aromatic rings. The van der Waals surface area contributed by atoms with Gasteiger partial charge in [0.05, 0.1) is 17.4 Å². The summed E-state index contributed by atoms with van der Waals surface area (Å²) in [7, 11) is 0. The Bertz CT molecular complexity index is 598. The van der Waals surface area contributed by atoms with Crippen molar-refractivity contribution in [3.8, 4) is 0 Å². The normalized spacial score (nSPS) is 17.8. The number of benzene rings is 1. The van der Waals surface area contributed by atoms with Crippen molar-refractivity contribution in [1.82, 2.24) is 5.32 Å². The molecule has 1 atom stereocenters. The van der Waals surface area contributed by atoms with Gasteiger partial charge in [-0.15, -0.1) is 0 Å². The van der Waals surface area contributed by atoms with Crippen molar-refractivity contribution in [3.63, 3.8) is 0 Å². The highest BCUT2D eigenvalue weighted by Crippen LogP contribution is 2.31. The Labute approximate surface area is 129 Å². The van der Waals surface area contributed by atoms with Crippen LogP contribution in [0.2, 0.25) is 0 Å². The highest BCUT2D eigenvalue weighted by atomic mass is 19.4. The molecule has 126 valence electrons. The number of carbonyl (C=O) groups is 2. The molecule has 0 bridgehead atoms. The Balaban J connectivity index is 1.97. The molecule has 0 saturated carbocycles. The second kappa shape index (κ2) is 6.95. The van der Waals surface area contributed by atoms with Crippen molar-refractivity contribution in [3.05, 3.63) is 29.6 Å². The van der Waals surface area contributed by atoms with Crippen LogP contribution in [0.5, 0.6) is 0 Å². The van der Waals surface area contributed by atoms with Crippen LogP contribution in [0.3, 0.4) is 0 Å². The van der Waals surface area contributed by atoms with Crippen LogP contribution in [0.1, 0.15) is 18.4 Å². The highest BCUT2D eigenvalue weighted by Gasteiger charge is 2.31. The molecular weight excluding hydrogens is 320 g/mol. The molecule has 1 saturated heterocycles. The average Bonchev–Trinajstić information content (AvgIpc) is 2.99. The zero-order chi connectivity index (χ0) is 17.0. The van der Waals surface area contributed by atoms with Gasteiger partial charge < -0.3 is 15.4 Å². The minimum absolute atomic E-state index is 0.108. The number of nitrogens with one attached hydrogen (secondary N) is 2. The lowest BCUT2D eigenvalue weighted by Crippen LogP contribution is -2.39. The Kier molecular flexibility index (Phi) is 5.19. The molecule has 0 aliphatic carbocycles. The van der Waals surface area contributed by atoms with E-state index in [9.17, 15) is 27.2 Å². The van der Waals surface area contributed by atoms with Crippen LogP contribution < -0.4 is 10.6 Å². The van der Waals surface area contributed by atoms with Crippen molar-refractivity contribution in [2.24, 2.45) is 0 Å². The van der Waals surface area contributed by atoms with Crippen molar-refractivity contribution >= 4 is 17.5 Å². The molecular formula is C14H14F4N2O3. The third-order valence-electron chi connectivity index (χ3n) is 3.26. The summed E-state index contributed by atoms with van der Waals surface area (Å²) in [6, 6.07) is 1.55. The molecule has 0 aromatic heterocycles. The van der Waals surface area contributed by atoms with Gasteiger partial charge in [-0.2, -0.15) is 13.2 Å². The summed E-state index contributed by atoms with van der Waals surface area (Å²) >= 11 is 0. The third kappa shape index (κ3) is 4.65. The Hall–Kier alpha value is -2.16. The molecule has 1 aliphatic heterocycles. The molecule has 1 fully saturated rings. The van der Waals surface area contributed by atoms with E-state index in [0.717, 1.165) is 12.8 Å². The fourth-order valence-corrected chi connectivity index (χ4v) is 2.07. The lowest BCUT2D eigenvalue weighted by molar-refractivity contribution is -0.137. The van der Waals surface area contributed by atoms with Gasteiger partial charge in [0.1, 0.15) is 5.82 Å². The van der Waals surface area contributed by atoms with Gasteiger partial charge in [-0.25, -0.2) is 4.39 Å². The Morgan fingerprint density at radius 1 is 1.26 bits per heavy atom. The summed E-state index contributed by atoms with van der Waals surface area (Å²) in [6.07, 6.45) is -3.29. The van der Waals surface area contributed by atoms with Crippen molar-refractivity contribution in [2.45, 2.75) is 25.1 Å². The predicted molar refractivity (Wildman–Crippen MR) is 72.0 cm³/mol. The van der Waals surface area contributed by atoms with Gasteiger partial charge in [-0.05, 0) is 31.0 Å². The van der Waals surface area contributed by atoms with Gasteiger partial charge in [0.15, 0.2) is 0 Å². The molecule has 1 aliphatic rings. The van der Waals surface area contributed by atoms with Gasteiger partial charge in [-0.1, -0.05) is 0 Å². The van der Waals surface area contributed by atoms with Gasteiger partial charge in [-0.3, -0.25) is 9.59 Å². The largest absolute Gasteiger partial charge is 0.416 e. The van der Waals surface area contributed by atoms with Crippen LogP contribution in [-0.2, 0) is 20.5 Å². The van der Waals surface area contributed by atoms with E-state index in [0.29, 0.717) is 24.8 Å². The van der Waals surface area contributed by atoms with Crippen LogP contribution in [0.25, 0.3) is 0 Å². The summed E-state index contributed by atoms with van der Waals surface area (Å²) in [6.45, 7) is 0.680. The van der Waals surface area contributed by atoms with Crippen molar-refractivity contribution < 1.29 is 31.9 Å². The molecule has 9 heteroatoms. The number of amides is 2. The molecule has 2 amide bonds. The quantitative estimate of drug-likeness (QED) is 0.657. The molecule has 0 unspecified atom stereocenters. The van der Waals surface area contributed by atoms with Gasteiger partial charge in [0, 0.05) is 13.2 Å². The Morgan fingerprint density at radius 3 is 2.61 bits per heavy atom. The fourth-order valence-electron chi connectivity index (χ4n) is 2.07. The molecule has 0 spiro atoms. The zero-order valence-corrected chi connectivity index (χ0v) is 11.9. The lowest BCUT2D eigenvalue weighted by Gasteiger charge is -2.12. The van der Waals surface area contributed by atoms with Gasteiger partial charge >= 0.3 is 18.0 Å². The standard InChI is InChI=1S/C14H14F4N2O3/c15-10-4-3-8(14(16,17)18)6-11(10)20-13(22)12(21)19-7-9-2-1-5-23-9/h3-4,6,9H,1-2,5,7H2,(H,19,21)(H,20,22)/t9-/m1/s1. The first-order chi connectivity index (χ1) is 10.8. The minimum atomic E-state index is -4.69. The van der Waals surface area contributed by atoms with Crippen LogP contribution in [0.15, 0.2) is 18.2 Å². The van der Waals surface area contributed by atoms with E-state index in [-0.39, 0.29) is 12.6 Å². The van der Waals surface area contributed by atoms with E-state index >= 15 is 0 Å². The third-order valence-corrected chi connectivity index (χ3v) is 3.26. The average molecular weight is 334 g/mol. The maximum absolute atomic E-state index is 13.5. The second-order valence-corrected chi connectivity index (χ2v) is 4.99. The molecule has 23 heavy (non-hydrogen) atoms. The number of hydrogen-bond acceptors (Lipinski definition) is 3. The minimum Gasteiger partial charge on any atom is -0.376 e. The molecule has 2 rings (SSSR count). The highest BCUT2D eigenvalue weighted by molar-refractivity contribution is 6.39. The first-order valence-electron chi connectivity index (χ1n) is 6.85. The smallest absolute Gasteiger partial charge is 0.376 e.